The molecule has 8 nitrogen and oxygen atoms in total. The van der Waals surface area contributed by atoms with Crippen molar-refractivity contribution in [3.63, 3.8) is 0 Å². The van der Waals surface area contributed by atoms with Crippen molar-refractivity contribution >= 4 is 18.0 Å². The van der Waals surface area contributed by atoms with Gasteiger partial charge in [0, 0.05) is 46.3 Å². The topological polar surface area (TPSA) is 86.3 Å². The zero-order chi connectivity index (χ0) is 23.7. The minimum atomic E-state index is -0.501. The Balaban J connectivity index is 1.85. The quantitative estimate of drug-likeness (QED) is 0.519. The van der Waals surface area contributed by atoms with Gasteiger partial charge in [0.05, 0.1) is 6.04 Å². The highest BCUT2D eigenvalue weighted by atomic mass is 16.6. The lowest BCUT2D eigenvalue weighted by molar-refractivity contribution is 0.0104. The molecule has 1 atom stereocenters. The van der Waals surface area contributed by atoms with Crippen molar-refractivity contribution in [2.75, 3.05) is 40.8 Å². The molecule has 0 aromatic heterocycles. The number of ether oxygens (including phenoxy) is 1. The van der Waals surface area contributed by atoms with Crippen LogP contribution < -0.4 is 10.6 Å². The summed E-state index contributed by atoms with van der Waals surface area (Å²) >= 11 is 0. The highest BCUT2D eigenvalue weighted by molar-refractivity contribution is 5.94. The predicted molar refractivity (Wildman–Crippen MR) is 128 cm³/mol. The second-order valence-corrected chi connectivity index (χ2v) is 9.35. The van der Waals surface area contributed by atoms with E-state index >= 15 is 0 Å². The lowest BCUT2D eigenvalue weighted by Crippen LogP contribution is -2.52. The van der Waals surface area contributed by atoms with Crippen LogP contribution in [-0.2, 0) is 11.2 Å². The summed E-state index contributed by atoms with van der Waals surface area (Å²) in [4.78, 5) is 32.5. The second kappa shape index (κ2) is 11.7. The van der Waals surface area contributed by atoms with Gasteiger partial charge in [-0.1, -0.05) is 12.1 Å². The number of benzene rings is 1. The summed E-state index contributed by atoms with van der Waals surface area (Å²) in [5.41, 5.74) is 1.28. The van der Waals surface area contributed by atoms with Crippen LogP contribution in [0.5, 0.6) is 0 Å². The van der Waals surface area contributed by atoms with Crippen molar-refractivity contribution in [2.45, 2.75) is 58.1 Å². The number of likely N-dealkylation sites (tertiary alicyclic amines) is 1. The molecule has 0 saturated carbocycles. The first-order chi connectivity index (χ1) is 15.1. The number of hydrogen-bond acceptors (Lipinski definition) is 4. The van der Waals surface area contributed by atoms with E-state index in [4.69, 9.17) is 4.74 Å². The molecule has 1 aromatic rings. The Labute approximate surface area is 192 Å². The fourth-order valence-corrected chi connectivity index (χ4v) is 3.65. The Morgan fingerprint density at radius 1 is 1.22 bits per heavy atom. The average Bonchev–Trinajstić information content (AvgIpc) is 2.74. The van der Waals surface area contributed by atoms with Gasteiger partial charge in [0.2, 0.25) is 0 Å². The Hall–Kier alpha value is -2.77. The maximum Gasteiger partial charge on any atom is 0.410 e. The van der Waals surface area contributed by atoms with E-state index in [-0.39, 0.29) is 18.0 Å². The lowest BCUT2D eigenvalue weighted by atomic mass is 10.0. The summed E-state index contributed by atoms with van der Waals surface area (Å²) in [5, 5.41) is 6.67. The molecule has 1 unspecified atom stereocenters. The van der Waals surface area contributed by atoms with Gasteiger partial charge in [-0.15, -0.1) is 0 Å². The summed E-state index contributed by atoms with van der Waals surface area (Å²) in [6.07, 6.45) is 3.55. The molecule has 32 heavy (non-hydrogen) atoms. The summed E-state index contributed by atoms with van der Waals surface area (Å²) in [6, 6.07) is 7.77. The van der Waals surface area contributed by atoms with Gasteiger partial charge >= 0.3 is 6.09 Å². The summed E-state index contributed by atoms with van der Waals surface area (Å²) in [6.45, 7) is 7.68. The Bertz CT molecular complexity index is 801. The minimum absolute atomic E-state index is 0.000640. The van der Waals surface area contributed by atoms with E-state index < -0.39 is 5.60 Å². The van der Waals surface area contributed by atoms with Gasteiger partial charge in [0.25, 0.3) is 5.91 Å². The molecule has 8 heteroatoms. The van der Waals surface area contributed by atoms with Crippen LogP contribution in [0.3, 0.4) is 0 Å². The largest absolute Gasteiger partial charge is 0.444 e. The van der Waals surface area contributed by atoms with E-state index in [1.807, 2.05) is 49.9 Å². The van der Waals surface area contributed by atoms with Crippen LogP contribution in [0.2, 0.25) is 0 Å². The Kier molecular flexibility index (Phi) is 9.35. The molecule has 0 bridgehead atoms. The molecule has 1 saturated heterocycles. The van der Waals surface area contributed by atoms with Gasteiger partial charge in [0.1, 0.15) is 5.60 Å². The van der Waals surface area contributed by atoms with Crippen LogP contribution in [0.15, 0.2) is 29.3 Å². The van der Waals surface area contributed by atoms with E-state index in [1.54, 1.807) is 26.0 Å². The predicted octanol–water partition coefficient (Wildman–Crippen LogP) is 2.89. The van der Waals surface area contributed by atoms with Gasteiger partial charge in [-0.2, -0.15) is 0 Å². The first-order valence-corrected chi connectivity index (χ1v) is 11.4. The van der Waals surface area contributed by atoms with Crippen LogP contribution in [0.25, 0.3) is 0 Å². The molecule has 0 radical (unpaired) electrons. The number of piperidine rings is 1. The van der Waals surface area contributed by atoms with Crippen molar-refractivity contribution in [2.24, 2.45) is 4.99 Å². The zero-order valence-electron chi connectivity index (χ0n) is 20.4. The third kappa shape index (κ3) is 8.05. The highest BCUT2D eigenvalue weighted by Crippen LogP contribution is 2.20. The van der Waals surface area contributed by atoms with Crippen molar-refractivity contribution in [1.82, 2.24) is 20.4 Å². The molecule has 1 fully saturated rings. The van der Waals surface area contributed by atoms with E-state index in [9.17, 15) is 9.59 Å². The van der Waals surface area contributed by atoms with Crippen molar-refractivity contribution in [3.05, 3.63) is 35.4 Å². The first kappa shape index (κ1) is 25.5. The molecular weight excluding hydrogens is 406 g/mol. The molecule has 178 valence electrons. The lowest BCUT2D eigenvalue weighted by Gasteiger charge is -2.37. The Morgan fingerprint density at radius 3 is 2.62 bits per heavy atom. The number of nitrogens with zero attached hydrogens (tertiary/aromatic N) is 3. The number of rotatable bonds is 6. The maximum atomic E-state index is 12.6. The number of hydrogen-bond donors (Lipinski definition) is 2. The number of carbonyl (C=O) groups excluding carboxylic acids is 2. The monoisotopic (exact) mass is 445 g/mol. The molecule has 0 spiro atoms. The highest BCUT2D eigenvalue weighted by Gasteiger charge is 2.30. The molecule has 2 N–H and O–H groups in total. The molecule has 1 heterocycles. The molecule has 1 aliphatic heterocycles. The van der Waals surface area contributed by atoms with Gasteiger partial charge in [-0.25, -0.2) is 4.79 Å². The van der Waals surface area contributed by atoms with E-state index in [0.29, 0.717) is 24.6 Å². The standard InChI is InChI=1S/C24H39N5O3/c1-24(2,3)32-23(31)29-15-8-7-12-20(29)17-27-22(25-4)26-14-13-18-10-9-11-19(16-18)21(30)28(5)6/h9-11,16,20H,7-8,12-15,17H2,1-6H3,(H2,25,26,27). The van der Waals surface area contributed by atoms with Crippen LogP contribution in [0.1, 0.15) is 56.0 Å². The van der Waals surface area contributed by atoms with Crippen LogP contribution in [0.4, 0.5) is 4.79 Å². The van der Waals surface area contributed by atoms with Gasteiger partial charge in [0.15, 0.2) is 5.96 Å². The number of aliphatic imine (C=N–C) groups is 1. The van der Waals surface area contributed by atoms with Gasteiger partial charge in [-0.05, 0) is 64.2 Å². The number of guanidine groups is 1. The van der Waals surface area contributed by atoms with E-state index in [2.05, 4.69) is 15.6 Å². The van der Waals surface area contributed by atoms with Crippen molar-refractivity contribution in [1.29, 1.82) is 0 Å². The fourth-order valence-electron chi connectivity index (χ4n) is 3.65. The van der Waals surface area contributed by atoms with Gasteiger partial charge in [-0.3, -0.25) is 9.79 Å². The molecule has 2 rings (SSSR count). The summed E-state index contributed by atoms with van der Waals surface area (Å²) in [5.74, 6) is 0.694. The van der Waals surface area contributed by atoms with Gasteiger partial charge < -0.3 is 25.2 Å². The smallest absolute Gasteiger partial charge is 0.410 e. The summed E-state index contributed by atoms with van der Waals surface area (Å²) < 4.78 is 5.58. The number of amides is 2. The van der Waals surface area contributed by atoms with Crippen molar-refractivity contribution < 1.29 is 14.3 Å². The first-order valence-electron chi connectivity index (χ1n) is 11.4. The molecule has 2 amide bonds. The van der Waals surface area contributed by atoms with Crippen LogP contribution in [-0.4, -0.2) is 80.2 Å². The average molecular weight is 446 g/mol. The molecule has 1 aromatic carbocycles. The second-order valence-electron chi connectivity index (χ2n) is 9.35. The fraction of sp³-hybridized carbons (Fsp3) is 0.625. The van der Waals surface area contributed by atoms with Crippen molar-refractivity contribution in [3.8, 4) is 0 Å². The third-order valence-electron chi connectivity index (χ3n) is 5.27. The van der Waals surface area contributed by atoms with E-state index in [0.717, 1.165) is 37.8 Å². The number of carbonyl (C=O) groups is 2. The maximum absolute atomic E-state index is 12.6. The van der Waals surface area contributed by atoms with E-state index in [1.165, 1.54) is 0 Å². The Morgan fingerprint density at radius 2 is 1.97 bits per heavy atom. The third-order valence-corrected chi connectivity index (χ3v) is 5.27. The minimum Gasteiger partial charge on any atom is -0.444 e. The number of nitrogens with one attached hydrogen (secondary N) is 2. The van der Waals surface area contributed by atoms with Crippen LogP contribution in [0, 0.1) is 0 Å². The molecule has 1 aliphatic rings. The molecular formula is C24H39N5O3. The van der Waals surface area contributed by atoms with Crippen LogP contribution >= 0.6 is 0 Å². The molecule has 0 aliphatic carbocycles. The zero-order valence-corrected chi connectivity index (χ0v) is 20.4. The summed E-state index contributed by atoms with van der Waals surface area (Å²) in [7, 11) is 5.24. The SMILES string of the molecule is CN=C(NCCc1cccc(C(=O)N(C)C)c1)NCC1CCCCN1C(=O)OC(C)(C)C. The normalized spacial score (nSPS) is 17.0.